The van der Waals surface area contributed by atoms with E-state index in [4.69, 9.17) is 0 Å². The van der Waals surface area contributed by atoms with Crippen molar-refractivity contribution >= 4 is 0 Å². The van der Waals surface area contributed by atoms with Crippen molar-refractivity contribution in [3.8, 4) is 0 Å². The molecule has 110 valence electrons. The molecule has 1 N–H and O–H groups in total. The number of hydrogen-bond acceptors (Lipinski definition) is 1. The fourth-order valence-electron chi connectivity index (χ4n) is 3.04. The lowest BCUT2D eigenvalue weighted by Gasteiger charge is -2.31. The van der Waals surface area contributed by atoms with E-state index in [-0.39, 0.29) is 0 Å². The molecule has 1 unspecified atom stereocenters. The number of rotatable bonds is 12. The zero-order chi connectivity index (χ0) is 13.8. The largest absolute Gasteiger partial charge is 0.314 e. The molecule has 0 aromatic rings. The van der Waals surface area contributed by atoms with Crippen LogP contribution in [0.4, 0.5) is 0 Å². The lowest BCUT2D eigenvalue weighted by atomic mass is 9.83. The van der Waals surface area contributed by atoms with Gasteiger partial charge in [0.2, 0.25) is 0 Å². The van der Waals surface area contributed by atoms with Gasteiger partial charge in [0.1, 0.15) is 0 Å². The molecule has 0 saturated heterocycles. The highest BCUT2D eigenvalue weighted by Gasteiger charge is 2.22. The van der Waals surface area contributed by atoms with Gasteiger partial charge in [0.05, 0.1) is 0 Å². The van der Waals surface area contributed by atoms with Crippen molar-refractivity contribution < 1.29 is 0 Å². The lowest BCUT2D eigenvalue weighted by molar-refractivity contribution is 0.256. The van der Waals surface area contributed by atoms with Crippen molar-refractivity contribution in [2.45, 2.75) is 92.0 Å². The normalized spacial score (nSPS) is 13.5. The maximum atomic E-state index is 3.84. The molecule has 0 aromatic carbocycles. The first-order valence-electron chi connectivity index (χ1n) is 8.46. The van der Waals surface area contributed by atoms with Crippen LogP contribution in [0.2, 0.25) is 0 Å². The van der Waals surface area contributed by atoms with E-state index in [9.17, 15) is 0 Å². The Morgan fingerprint density at radius 1 is 0.778 bits per heavy atom. The Hall–Kier alpha value is -0.0400. The molecule has 0 aliphatic carbocycles. The first-order valence-corrected chi connectivity index (χ1v) is 8.46. The van der Waals surface area contributed by atoms with Gasteiger partial charge >= 0.3 is 0 Å². The van der Waals surface area contributed by atoms with Crippen LogP contribution < -0.4 is 5.32 Å². The highest BCUT2D eigenvalue weighted by atomic mass is 14.9. The van der Waals surface area contributed by atoms with E-state index in [1.165, 1.54) is 57.9 Å². The molecule has 1 nitrogen and oxygen atoms in total. The monoisotopic (exact) mass is 255 g/mol. The van der Waals surface area contributed by atoms with E-state index >= 15 is 0 Å². The van der Waals surface area contributed by atoms with E-state index in [0.29, 0.717) is 0 Å². The smallest absolute Gasteiger partial charge is 0.00979 e. The van der Waals surface area contributed by atoms with Crippen LogP contribution in [-0.2, 0) is 0 Å². The molecule has 0 rings (SSSR count). The van der Waals surface area contributed by atoms with E-state index in [1.54, 1.807) is 0 Å². The SMILES string of the molecule is CCCNC(CC(CC)CC)C(CCC)CCC. The first-order chi connectivity index (χ1) is 8.73. The molecule has 0 aliphatic heterocycles. The zero-order valence-electron chi connectivity index (χ0n) is 13.6. The summed E-state index contributed by atoms with van der Waals surface area (Å²) in [5.74, 6) is 1.81. The predicted molar refractivity (Wildman–Crippen MR) is 84.1 cm³/mol. The summed E-state index contributed by atoms with van der Waals surface area (Å²) in [6, 6.07) is 0.759. The van der Waals surface area contributed by atoms with E-state index in [2.05, 4.69) is 39.9 Å². The average molecular weight is 255 g/mol. The molecule has 0 radical (unpaired) electrons. The third-order valence-electron chi connectivity index (χ3n) is 4.29. The van der Waals surface area contributed by atoms with Crippen LogP contribution in [0, 0.1) is 11.8 Å². The summed E-state index contributed by atoms with van der Waals surface area (Å²) in [5.41, 5.74) is 0. The third kappa shape index (κ3) is 7.41. The fourth-order valence-corrected chi connectivity index (χ4v) is 3.04. The van der Waals surface area contributed by atoms with Crippen LogP contribution in [0.25, 0.3) is 0 Å². The maximum Gasteiger partial charge on any atom is 0.00979 e. The summed E-state index contributed by atoms with van der Waals surface area (Å²) in [5, 5.41) is 3.84. The predicted octanol–water partition coefficient (Wildman–Crippen LogP) is 5.40. The highest BCUT2D eigenvalue weighted by Crippen LogP contribution is 2.25. The molecule has 0 bridgehead atoms. The van der Waals surface area contributed by atoms with E-state index in [1.807, 2.05) is 0 Å². The molecule has 1 heteroatoms. The molecule has 1 atom stereocenters. The van der Waals surface area contributed by atoms with Crippen LogP contribution in [0.1, 0.15) is 86.0 Å². The Labute approximate surface area is 116 Å². The highest BCUT2D eigenvalue weighted by molar-refractivity contribution is 4.78. The van der Waals surface area contributed by atoms with Gasteiger partial charge in [0, 0.05) is 6.04 Å². The van der Waals surface area contributed by atoms with Gasteiger partial charge in [-0.05, 0) is 44.1 Å². The summed E-state index contributed by atoms with van der Waals surface area (Å²) in [6.45, 7) is 12.8. The van der Waals surface area contributed by atoms with Gasteiger partial charge in [0.15, 0.2) is 0 Å². The molecule has 0 fully saturated rings. The van der Waals surface area contributed by atoms with Gasteiger partial charge < -0.3 is 5.32 Å². The Morgan fingerprint density at radius 2 is 1.33 bits per heavy atom. The second kappa shape index (κ2) is 12.0. The molecule has 0 aromatic heterocycles. The zero-order valence-corrected chi connectivity index (χ0v) is 13.6. The molecule has 0 amide bonds. The standard InChI is InChI=1S/C17H37N/c1-6-11-16(12-7-2)17(18-13-8-3)14-15(9-4)10-5/h15-18H,6-14H2,1-5H3. The molecule has 0 saturated carbocycles. The molecule has 0 spiro atoms. The second-order valence-electron chi connectivity index (χ2n) is 5.82. The minimum atomic E-state index is 0.759. The molecular formula is C17H37N. The topological polar surface area (TPSA) is 12.0 Å². The second-order valence-corrected chi connectivity index (χ2v) is 5.82. The summed E-state index contributed by atoms with van der Waals surface area (Å²) in [7, 11) is 0. The number of hydrogen-bond donors (Lipinski definition) is 1. The summed E-state index contributed by atoms with van der Waals surface area (Å²) < 4.78 is 0. The minimum Gasteiger partial charge on any atom is -0.314 e. The fraction of sp³-hybridized carbons (Fsp3) is 1.00. The van der Waals surface area contributed by atoms with Crippen molar-refractivity contribution in [2.24, 2.45) is 11.8 Å². The van der Waals surface area contributed by atoms with Gasteiger partial charge in [-0.3, -0.25) is 0 Å². The van der Waals surface area contributed by atoms with Crippen LogP contribution >= 0.6 is 0 Å². The summed E-state index contributed by atoms with van der Waals surface area (Å²) in [4.78, 5) is 0. The van der Waals surface area contributed by atoms with Gasteiger partial charge in [-0.15, -0.1) is 0 Å². The van der Waals surface area contributed by atoms with Gasteiger partial charge in [0.25, 0.3) is 0 Å². The van der Waals surface area contributed by atoms with E-state index in [0.717, 1.165) is 17.9 Å². The van der Waals surface area contributed by atoms with Gasteiger partial charge in [-0.1, -0.05) is 60.3 Å². The first kappa shape index (κ1) is 18.0. The van der Waals surface area contributed by atoms with Crippen LogP contribution in [0.3, 0.4) is 0 Å². The van der Waals surface area contributed by atoms with Crippen molar-refractivity contribution in [1.29, 1.82) is 0 Å². The Morgan fingerprint density at radius 3 is 1.72 bits per heavy atom. The van der Waals surface area contributed by atoms with Gasteiger partial charge in [-0.2, -0.15) is 0 Å². The Balaban J connectivity index is 4.47. The molecule has 18 heavy (non-hydrogen) atoms. The van der Waals surface area contributed by atoms with Crippen molar-refractivity contribution in [3.63, 3.8) is 0 Å². The summed E-state index contributed by atoms with van der Waals surface area (Å²) >= 11 is 0. The Bertz CT molecular complexity index is 157. The summed E-state index contributed by atoms with van der Waals surface area (Å²) in [6.07, 6.45) is 10.8. The van der Waals surface area contributed by atoms with Crippen molar-refractivity contribution in [3.05, 3.63) is 0 Å². The minimum absolute atomic E-state index is 0.759. The molecule has 0 heterocycles. The molecule has 0 aliphatic rings. The Kier molecular flexibility index (Phi) is 12.0. The molecular weight excluding hydrogens is 218 g/mol. The van der Waals surface area contributed by atoms with Crippen LogP contribution in [0.5, 0.6) is 0 Å². The lowest BCUT2D eigenvalue weighted by Crippen LogP contribution is -2.38. The average Bonchev–Trinajstić information content (AvgIpc) is 2.39. The maximum absolute atomic E-state index is 3.84. The van der Waals surface area contributed by atoms with Crippen LogP contribution in [-0.4, -0.2) is 12.6 Å². The van der Waals surface area contributed by atoms with Crippen molar-refractivity contribution in [2.75, 3.05) is 6.54 Å². The van der Waals surface area contributed by atoms with Crippen LogP contribution in [0.15, 0.2) is 0 Å². The third-order valence-corrected chi connectivity index (χ3v) is 4.29. The quantitative estimate of drug-likeness (QED) is 0.492. The number of nitrogens with one attached hydrogen (secondary N) is 1. The van der Waals surface area contributed by atoms with E-state index < -0.39 is 0 Å². The van der Waals surface area contributed by atoms with Crippen molar-refractivity contribution in [1.82, 2.24) is 5.32 Å². The van der Waals surface area contributed by atoms with Gasteiger partial charge in [-0.25, -0.2) is 0 Å².